The van der Waals surface area contributed by atoms with Crippen LogP contribution in [0, 0.1) is 0 Å². The van der Waals surface area contributed by atoms with E-state index in [9.17, 15) is 9.59 Å². The van der Waals surface area contributed by atoms with Crippen LogP contribution in [0.5, 0.6) is 11.5 Å². The van der Waals surface area contributed by atoms with Crippen molar-refractivity contribution in [1.82, 2.24) is 9.66 Å². The molecular weight excluding hydrogens is 601 g/mol. The molecule has 2 heterocycles. The molecule has 0 saturated carbocycles. The summed E-state index contributed by atoms with van der Waals surface area (Å²) in [6, 6.07) is 15.3. The van der Waals surface area contributed by atoms with Crippen LogP contribution < -0.4 is 15.0 Å². The minimum absolute atomic E-state index is 0.0479. The van der Waals surface area contributed by atoms with Crippen molar-refractivity contribution in [2.75, 3.05) is 13.7 Å². The average molecular weight is 617 g/mol. The Balaban J connectivity index is 1.67. The Morgan fingerprint density at radius 1 is 1.21 bits per heavy atom. The maximum Gasteiger partial charge on any atom is 0.341 e. The number of ether oxygens (including phenoxy) is 2. The Kier molecular flexibility index (Phi) is 7.11. The summed E-state index contributed by atoms with van der Waals surface area (Å²) in [5.41, 5.74) is 1.05. The van der Waals surface area contributed by atoms with Crippen LogP contribution in [0.1, 0.15) is 5.56 Å². The second-order valence-electron chi connectivity index (χ2n) is 7.91. The summed E-state index contributed by atoms with van der Waals surface area (Å²) < 4.78 is 18.1. The molecule has 0 unspecified atom stereocenters. The zero-order chi connectivity index (χ0) is 27.0. The van der Waals surface area contributed by atoms with E-state index in [1.165, 1.54) is 13.3 Å². The maximum absolute atomic E-state index is 13.5. The quantitative estimate of drug-likeness (QED) is 0.215. The Morgan fingerprint density at radius 2 is 2.00 bits per heavy atom. The summed E-state index contributed by atoms with van der Waals surface area (Å²) in [7, 11) is 1.39. The molecule has 38 heavy (non-hydrogen) atoms. The third kappa shape index (κ3) is 4.85. The van der Waals surface area contributed by atoms with Gasteiger partial charge in [0.1, 0.15) is 10.6 Å². The van der Waals surface area contributed by atoms with E-state index >= 15 is 0 Å². The van der Waals surface area contributed by atoms with Crippen molar-refractivity contribution in [2.24, 2.45) is 5.10 Å². The Morgan fingerprint density at radius 3 is 2.76 bits per heavy atom. The molecule has 3 aromatic carbocycles. The zero-order valence-corrected chi connectivity index (χ0v) is 22.5. The van der Waals surface area contributed by atoms with Gasteiger partial charge >= 0.3 is 5.97 Å². The lowest BCUT2D eigenvalue weighted by molar-refractivity contribution is -0.139. The minimum Gasteiger partial charge on any atom is -0.493 e. The lowest BCUT2D eigenvalue weighted by Gasteiger charge is -2.14. The fourth-order valence-corrected chi connectivity index (χ4v) is 4.59. The van der Waals surface area contributed by atoms with Gasteiger partial charge in [-0.2, -0.15) is 9.78 Å². The van der Waals surface area contributed by atoms with Gasteiger partial charge in [0.25, 0.3) is 5.56 Å². The maximum atomic E-state index is 13.5. The number of fused-ring (bicyclic) bond motifs is 2. The molecule has 0 aliphatic rings. The summed E-state index contributed by atoms with van der Waals surface area (Å²) >= 11 is 15.9. The van der Waals surface area contributed by atoms with Gasteiger partial charge in [0.2, 0.25) is 5.82 Å². The van der Waals surface area contributed by atoms with E-state index in [4.69, 9.17) is 42.2 Å². The number of aromatic nitrogens is 2. The minimum atomic E-state index is -1.17. The Hall–Kier alpha value is -3.86. The van der Waals surface area contributed by atoms with Crippen LogP contribution in [0.2, 0.25) is 10.0 Å². The summed E-state index contributed by atoms with van der Waals surface area (Å²) in [5, 5.41) is 15.1. The van der Waals surface area contributed by atoms with Crippen LogP contribution >= 0.6 is 39.1 Å². The van der Waals surface area contributed by atoms with Gasteiger partial charge in [0.15, 0.2) is 23.9 Å². The van der Waals surface area contributed by atoms with Crippen molar-refractivity contribution in [1.29, 1.82) is 0 Å². The number of methoxy groups -OCH3 is 1. The topological polar surface area (TPSA) is 116 Å². The molecule has 0 aliphatic heterocycles. The van der Waals surface area contributed by atoms with Crippen molar-refractivity contribution in [3.8, 4) is 23.1 Å². The molecule has 2 aromatic heterocycles. The van der Waals surface area contributed by atoms with Crippen LogP contribution in [-0.4, -0.2) is 40.7 Å². The number of carboxylic acids is 1. The van der Waals surface area contributed by atoms with Crippen LogP contribution in [0.4, 0.5) is 0 Å². The van der Waals surface area contributed by atoms with Crippen molar-refractivity contribution in [3.63, 3.8) is 0 Å². The molecule has 0 amide bonds. The number of benzene rings is 3. The van der Waals surface area contributed by atoms with E-state index in [1.807, 2.05) is 0 Å². The summed E-state index contributed by atoms with van der Waals surface area (Å²) in [5.74, 6) is -0.457. The predicted octanol–water partition coefficient (Wildman–Crippen LogP) is 6.23. The third-order valence-corrected chi connectivity index (χ3v) is 7.16. The first-order valence-electron chi connectivity index (χ1n) is 10.9. The standard InChI is InChI=1S/C26H16BrCl2N3O6/c1-36-19-10-14(22(27)23(29)24(19)37-12-21(33)34)11-30-32-25(31-17-5-3-2-4-16(17)26(32)35)20-9-13-8-15(28)6-7-18(13)38-20/h2-11H,12H2,1H3,(H,33,34). The molecule has 0 atom stereocenters. The van der Waals surface area contributed by atoms with Gasteiger partial charge in [-0.15, -0.1) is 0 Å². The van der Waals surface area contributed by atoms with Gasteiger partial charge in [-0.3, -0.25) is 4.79 Å². The molecule has 0 spiro atoms. The van der Waals surface area contributed by atoms with Crippen molar-refractivity contribution in [3.05, 3.63) is 85.0 Å². The molecule has 12 heteroatoms. The van der Waals surface area contributed by atoms with Gasteiger partial charge in [0.05, 0.1) is 24.2 Å². The van der Waals surface area contributed by atoms with E-state index in [0.717, 1.165) is 10.1 Å². The lowest BCUT2D eigenvalue weighted by atomic mass is 10.2. The molecule has 0 aliphatic carbocycles. The first-order chi connectivity index (χ1) is 18.3. The number of aliphatic carboxylic acids is 1. The summed E-state index contributed by atoms with van der Waals surface area (Å²) in [4.78, 5) is 29.1. The van der Waals surface area contributed by atoms with Crippen molar-refractivity contribution < 1.29 is 23.8 Å². The molecule has 9 nitrogen and oxygen atoms in total. The highest BCUT2D eigenvalue weighted by Gasteiger charge is 2.20. The van der Waals surface area contributed by atoms with Crippen LogP contribution in [0.15, 0.2) is 73.4 Å². The molecule has 0 fully saturated rings. The number of halogens is 3. The smallest absolute Gasteiger partial charge is 0.341 e. The number of rotatable bonds is 7. The molecule has 1 N–H and O–H groups in total. The van der Waals surface area contributed by atoms with E-state index in [2.05, 4.69) is 26.0 Å². The number of carboxylic acid groups (broad SMARTS) is 1. The second kappa shape index (κ2) is 10.5. The first-order valence-corrected chi connectivity index (χ1v) is 12.5. The fourth-order valence-electron chi connectivity index (χ4n) is 3.75. The molecular formula is C26H16BrCl2N3O6. The van der Waals surface area contributed by atoms with Gasteiger partial charge in [-0.1, -0.05) is 35.3 Å². The number of hydrogen-bond donors (Lipinski definition) is 1. The fraction of sp³-hybridized carbons (Fsp3) is 0.0769. The number of furan rings is 1. The third-order valence-electron chi connectivity index (χ3n) is 5.48. The highest BCUT2D eigenvalue weighted by Crippen LogP contribution is 2.42. The number of hydrogen-bond acceptors (Lipinski definition) is 7. The zero-order valence-electron chi connectivity index (χ0n) is 19.4. The molecule has 192 valence electrons. The molecule has 5 rings (SSSR count). The molecule has 0 saturated heterocycles. The van der Waals surface area contributed by atoms with Gasteiger partial charge in [-0.05, 0) is 58.4 Å². The van der Waals surface area contributed by atoms with Gasteiger partial charge in [-0.25, -0.2) is 9.78 Å². The predicted molar refractivity (Wildman–Crippen MR) is 148 cm³/mol. The van der Waals surface area contributed by atoms with Gasteiger partial charge < -0.3 is 19.0 Å². The largest absolute Gasteiger partial charge is 0.493 e. The SMILES string of the molecule is COc1cc(C=Nn2c(-c3cc4cc(Cl)ccc4o3)nc3ccccc3c2=O)c(Br)c(Cl)c1OCC(=O)O. The van der Waals surface area contributed by atoms with Crippen molar-refractivity contribution in [2.45, 2.75) is 0 Å². The van der Waals surface area contributed by atoms with E-state index in [1.54, 1.807) is 54.6 Å². The number of carbonyl (C=O) groups is 1. The van der Waals surface area contributed by atoms with Gasteiger partial charge in [0, 0.05) is 20.4 Å². The van der Waals surface area contributed by atoms with Crippen LogP contribution in [0.25, 0.3) is 33.5 Å². The molecule has 0 radical (unpaired) electrons. The number of nitrogens with zero attached hydrogens (tertiary/aromatic N) is 3. The second-order valence-corrected chi connectivity index (χ2v) is 9.52. The lowest BCUT2D eigenvalue weighted by Crippen LogP contribution is -2.20. The highest BCUT2D eigenvalue weighted by atomic mass is 79.9. The monoisotopic (exact) mass is 615 g/mol. The summed E-state index contributed by atoms with van der Waals surface area (Å²) in [6.45, 7) is -0.611. The molecule has 0 bridgehead atoms. The van der Waals surface area contributed by atoms with Crippen LogP contribution in [0.3, 0.4) is 0 Å². The Labute approximate surface area is 232 Å². The van der Waals surface area contributed by atoms with Crippen molar-refractivity contribution >= 4 is 73.2 Å². The van der Waals surface area contributed by atoms with E-state index in [-0.39, 0.29) is 22.3 Å². The van der Waals surface area contributed by atoms with E-state index < -0.39 is 18.1 Å². The van der Waals surface area contributed by atoms with E-state index in [0.29, 0.717) is 37.3 Å². The normalized spacial score (nSPS) is 11.5. The summed E-state index contributed by atoms with van der Waals surface area (Å²) in [6.07, 6.45) is 1.39. The Bertz CT molecular complexity index is 1820. The molecule has 5 aromatic rings. The van der Waals surface area contributed by atoms with Crippen LogP contribution in [-0.2, 0) is 4.79 Å². The number of para-hydroxylation sites is 1. The average Bonchev–Trinajstić information content (AvgIpc) is 3.32. The first kappa shape index (κ1) is 25.8. The highest BCUT2D eigenvalue weighted by molar-refractivity contribution is 9.10.